The molecule has 3 N–H and O–H groups in total. The molecule has 2 rings (SSSR count). The minimum absolute atomic E-state index is 0.133. The van der Waals surface area contributed by atoms with Crippen LogP contribution in [-0.4, -0.2) is 56.8 Å². The Morgan fingerprint density at radius 1 is 0.879 bits per heavy atom. The van der Waals surface area contributed by atoms with Crippen molar-refractivity contribution in [3.63, 3.8) is 0 Å². The van der Waals surface area contributed by atoms with Crippen LogP contribution >= 0.6 is 0 Å². The van der Waals surface area contributed by atoms with Crippen molar-refractivity contribution in [3.8, 4) is 17.2 Å². The van der Waals surface area contributed by atoms with Crippen LogP contribution < -0.4 is 0 Å². The fourth-order valence-corrected chi connectivity index (χ4v) is 3.75. The molecule has 0 spiro atoms. The van der Waals surface area contributed by atoms with Gasteiger partial charge in [0.05, 0.1) is 11.1 Å². The van der Waals surface area contributed by atoms with Crippen molar-refractivity contribution in [3.05, 3.63) is 52.1 Å². The molecule has 176 valence electrons. The SMILES string of the molecule is CCN(CC)C(C)c1c(O)cc(C(=O)OC(=O)c2cccc(C(C)=O)c2O)c(O)c1C(C)=O. The lowest BCUT2D eigenvalue weighted by atomic mass is 9.93. The Kier molecular flexibility index (Phi) is 7.94. The molecule has 1 unspecified atom stereocenters. The van der Waals surface area contributed by atoms with Crippen molar-refractivity contribution >= 4 is 23.5 Å². The second-order valence-electron chi connectivity index (χ2n) is 7.47. The van der Waals surface area contributed by atoms with Crippen LogP contribution in [0.3, 0.4) is 0 Å². The van der Waals surface area contributed by atoms with Gasteiger partial charge in [-0.3, -0.25) is 14.5 Å². The van der Waals surface area contributed by atoms with Gasteiger partial charge in [-0.2, -0.15) is 0 Å². The number of hydrogen-bond donors (Lipinski definition) is 3. The van der Waals surface area contributed by atoms with Gasteiger partial charge in [-0.15, -0.1) is 0 Å². The number of phenols is 3. The first kappa shape index (κ1) is 25.5. The zero-order chi connectivity index (χ0) is 25.0. The molecular weight excluding hydrogens is 430 g/mol. The molecule has 0 aliphatic heterocycles. The van der Waals surface area contributed by atoms with Crippen LogP contribution in [0, 0.1) is 0 Å². The van der Waals surface area contributed by atoms with Gasteiger partial charge in [-0.25, -0.2) is 9.59 Å². The van der Waals surface area contributed by atoms with Crippen LogP contribution in [0.2, 0.25) is 0 Å². The minimum atomic E-state index is -1.34. The number of carbonyl (C=O) groups is 4. The van der Waals surface area contributed by atoms with Crippen molar-refractivity contribution in [2.75, 3.05) is 13.1 Å². The number of ether oxygens (including phenoxy) is 1. The van der Waals surface area contributed by atoms with E-state index < -0.39 is 57.9 Å². The average Bonchev–Trinajstić information content (AvgIpc) is 2.74. The predicted molar refractivity (Wildman–Crippen MR) is 119 cm³/mol. The van der Waals surface area contributed by atoms with E-state index in [1.165, 1.54) is 26.0 Å². The highest BCUT2D eigenvalue weighted by Gasteiger charge is 2.30. The van der Waals surface area contributed by atoms with Crippen LogP contribution in [-0.2, 0) is 4.74 Å². The highest BCUT2D eigenvalue weighted by atomic mass is 16.6. The van der Waals surface area contributed by atoms with Gasteiger partial charge in [0.25, 0.3) is 0 Å². The molecule has 0 heterocycles. The second-order valence-corrected chi connectivity index (χ2v) is 7.47. The fourth-order valence-electron chi connectivity index (χ4n) is 3.75. The Bertz CT molecular complexity index is 1120. The molecule has 0 saturated carbocycles. The predicted octanol–water partition coefficient (Wildman–Crippen LogP) is 3.61. The molecule has 1 atom stereocenters. The summed E-state index contributed by atoms with van der Waals surface area (Å²) in [6.07, 6.45) is 0. The third-order valence-electron chi connectivity index (χ3n) is 5.49. The topological polar surface area (TPSA) is 141 Å². The Hall–Kier alpha value is -3.72. The van der Waals surface area contributed by atoms with Crippen molar-refractivity contribution in [2.24, 2.45) is 0 Å². The number of rotatable bonds is 8. The molecule has 0 aromatic heterocycles. The van der Waals surface area contributed by atoms with E-state index >= 15 is 0 Å². The number of benzene rings is 2. The first-order valence-corrected chi connectivity index (χ1v) is 10.4. The Morgan fingerprint density at radius 2 is 1.42 bits per heavy atom. The van der Waals surface area contributed by atoms with Crippen molar-refractivity contribution in [1.82, 2.24) is 4.90 Å². The molecule has 33 heavy (non-hydrogen) atoms. The normalized spacial score (nSPS) is 11.8. The number of Topliss-reactive ketones (excluding diaryl/α,β-unsaturated/α-hetero) is 2. The smallest absolute Gasteiger partial charge is 0.349 e. The summed E-state index contributed by atoms with van der Waals surface area (Å²) in [7, 11) is 0. The van der Waals surface area contributed by atoms with Gasteiger partial charge < -0.3 is 20.1 Å². The third-order valence-corrected chi connectivity index (χ3v) is 5.49. The van der Waals surface area contributed by atoms with Crippen LogP contribution in [0.25, 0.3) is 0 Å². The maximum atomic E-state index is 12.6. The zero-order valence-corrected chi connectivity index (χ0v) is 19.1. The molecule has 2 aromatic rings. The number of esters is 2. The summed E-state index contributed by atoms with van der Waals surface area (Å²) < 4.78 is 4.76. The lowest BCUT2D eigenvalue weighted by molar-refractivity contribution is 0.0394. The first-order chi connectivity index (χ1) is 15.5. The quantitative estimate of drug-likeness (QED) is 0.234. The number of carbonyl (C=O) groups excluding carboxylic acids is 4. The summed E-state index contributed by atoms with van der Waals surface area (Å²) in [6, 6.07) is 4.26. The van der Waals surface area contributed by atoms with Crippen LogP contribution in [0.4, 0.5) is 0 Å². The Labute approximate surface area is 191 Å². The number of para-hydroxylation sites is 1. The minimum Gasteiger partial charge on any atom is -0.508 e. The molecule has 0 aliphatic carbocycles. The molecule has 0 fully saturated rings. The summed E-state index contributed by atoms with van der Waals surface area (Å²) in [5.74, 6) is -5.51. The monoisotopic (exact) mass is 457 g/mol. The van der Waals surface area contributed by atoms with E-state index in [0.29, 0.717) is 13.1 Å². The Balaban J connectivity index is 2.50. The summed E-state index contributed by atoms with van der Waals surface area (Å²) in [6.45, 7) is 9.14. The lowest BCUT2D eigenvalue weighted by Gasteiger charge is -2.29. The number of phenolic OH excluding ortho intramolecular Hbond substituents is 3. The standard InChI is InChI=1S/C24H27NO8/c1-6-25(7-2)12(3)19-18(28)11-17(22(30)20(19)14(5)27)24(32)33-23(31)16-10-8-9-15(13(4)26)21(16)29/h8-12,28-30H,6-7H2,1-5H3. The number of aromatic hydroxyl groups is 3. The van der Waals surface area contributed by atoms with Crippen LogP contribution in [0.15, 0.2) is 24.3 Å². The molecule has 9 heteroatoms. The second kappa shape index (κ2) is 10.3. The largest absolute Gasteiger partial charge is 0.508 e. The first-order valence-electron chi connectivity index (χ1n) is 10.4. The van der Waals surface area contributed by atoms with E-state index in [-0.39, 0.29) is 16.7 Å². The van der Waals surface area contributed by atoms with E-state index in [1.54, 1.807) is 6.92 Å². The van der Waals surface area contributed by atoms with Crippen molar-refractivity contribution < 1.29 is 39.2 Å². The van der Waals surface area contributed by atoms with Gasteiger partial charge in [0, 0.05) is 11.6 Å². The van der Waals surface area contributed by atoms with Crippen LogP contribution in [0.1, 0.15) is 87.7 Å². The molecule has 0 saturated heterocycles. The highest BCUT2D eigenvalue weighted by Crippen LogP contribution is 2.39. The Morgan fingerprint density at radius 3 is 1.94 bits per heavy atom. The summed E-state index contributed by atoms with van der Waals surface area (Å²) in [5, 5.41) is 31.5. The number of hydrogen-bond acceptors (Lipinski definition) is 9. The van der Waals surface area contributed by atoms with Gasteiger partial charge in [-0.1, -0.05) is 19.9 Å². The molecular formula is C24H27NO8. The number of nitrogens with zero attached hydrogens (tertiary/aromatic N) is 1. The van der Waals surface area contributed by atoms with E-state index in [0.717, 1.165) is 12.1 Å². The van der Waals surface area contributed by atoms with E-state index in [9.17, 15) is 34.5 Å². The van der Waals surface area contributed by atoms with Gasteiger partial charge in [0.15, 0.2) is 11.6 Å². The molecule has 0 amide bonds. The van der Waals surface area contributed by atoms with E-state index in [2.05, 4.69) is 0 Å². The number of ketones is 2. The highest BCUT2D eigenvalue weighted by molar-refractivity contribution is 6.09. The maximum absolute atomic E-state index is 12.6. The molecule has 2 aromatic carbocycles. The molecule has 0 radical (unpaired) electrons. The van der Waals surface area contributed by atoms with Crippen LogP contribution in [0.5, 0.6) is 17.2 Å². The van der Waals surface area contributed by atoms with Gasteiger partial charge in [0.2, 0.25) is 0 Å². The third kappa shape index (κ3) is 5.04. The van der Waals surface area contributed by atoms with Gasteiger partial charge >= 0.3 is 11.9 Å². The molecule has 0 aliphatic rings. The van der Waals surface area contributed by atoms with Crippen molar-refractivity contribution in [1.29, 1.82) is 0 Å². The summed E-state index contributed by atoms with van der Waals surface area (Å²) in [5.41, 5.74) is -1.26. The summed E-state index contributed by atoms with van der Waals surface area (Å²) >= 11 is 0. The van der Waals surface area contributed by atoms with E-state index in [4.69, 9.17) is 4.74 Å². The summed E-state index contributed by atoms with van der Waals surface area (Å²) in [4.78, 5) is 50.9. The van der Waals surface area contributed by atoms with Crippen molar-refractivity contribution in [2.45, 2.75) is 40.7 Å². The zero-order valence-electron chi connectivity index (χ0n) is 19.1. The van der Waals surface area contributed by atoms with Gasteiger partial charge in [0.1, 0.15) is 28.4 Å². The molecule has 9 nitrogen and oxygen atoms in total. The lowest BCUT2D eigenvalue weighted by Crippen LogP contribution is -2.28. The maximum Gasteiger partial charge on any atom is 0.349 e. The van der Waals surface area contributed by atoms with Gasteiger partial charge in [-0.05, 0) is 52.1 Å². The molecule has 0 bridgehead atoms. The fraction of sp³-hybridized carbons (Fsp3) is 0.333. The van der Waals surface area contributed by atoms with E-state index in [1.807, 2.05) is 18.7 Å². The average molecular weight is 457 g/mol.